The van der Waals surface area contributed by atoms with E-state index in [0.29, 0.717) is 0 Å². The molecule has 6 nitrogen and oxygen atoms in total. The van der Waals surface area contributed by atoms with Crippen molar-refractivity contribution in [3.05, 3.63) is 88.7 Å². The van der Waals surface area contributed by atoms with Crippen molar-refractivity contribution >= 4 is 33.2 Å². The van der Waals surface area contributed by atoms with Crippen LogP contribution in [0.3, 0.4) is 0 Å². The minimum absolute atomic E-state index is 0.135. The molecule has 2 N–H and O–H groups in total. The van der Waals surface area contributed by atoms with Crippen molar-refractivity contribution in [2.24, 2.45) is 0 Å². The quantitative estimate of drug-likeness (QED) is 0.641. The summed E-state index contributed by atoms with van der Waals surface area (Å²) in [6.07, 6.45) is 3.29. The van der Waals surface area contributed by atoms with Gasteiger partial charge in [0.15, 0.2) is 0 Å². The van der Waals surface area contributed by atoms with E-state index in [9.17, 15) is 13.2 Å². The van der Waals surface area contributed by atoms with Gasteiger partial charge in [-0.3, -0.25) is 14.5 Å². The lowest BCUT2D eigenvalue weighted by molar-refractivity contribution is 0.0951. The van der Waals surface area contributed by atoms with Crippen LogP contribution in [0, 0.1) is 6.92 Å². The van der Waals surface area contributed by atoms with E-state index in [0.717, 1.165) is 11.1 Å². The topological polar surface area (TPSA) is 88.2 Å². The van der Waals surface area contributed by atoms with Gasteiger partial charge in [0.25, 0.3) is 15.9 Å². The molecule has 0 radical (unpaired) electrons. The molecule has 3 rings (SSSR count). The maximum Gasteiger partial charge on any atom is 0.261 e. The van der Waals surface area contributed by atoms with Gasteiger partial charge < -0.3 is 5.32 Å². The molecule has 1 heterocycles. The van der Waals surface area contributed by atoms with Gasteiger partial charge in [-0.05, 0) is 48.9 Å². The number of halogens is 1. The number of aryl methyl sites for hydroxylation is 1. The molecular formula is C20H18ClN3O3S. The van der Waals surface area contributed by atoms with E-state index in [1.807, 2.05) is 13.0 Å². The molecule has 0 bridgehead atoms. The molecule has 3 aromatic rings. The van der Waals surface area contributed by atoms with E-state index in [-0.39, 0.29) is 27.7 Å². The highest BCUT2D eigenvalue weighted by atomic mass is 35.5. The van der Waals surface area contributed by atoms with Gasteiger partial charge in [0.05, 0.1) is 15.5 Å². The number of carbonyl (C=O) groups is 1. The Labute approximate surface area is 168 Å². The summed E-state index contributed by atoms with van der Waals surface area (Å²) in [6, 6.07) is 14.5. The minimum Gasteiger partial charge on any atom is -0.348 e. The first-order valence-corrected chi connectivity index (χ1v) is 10.3. The summed E-state index contributed by atoms with van der Waals surface area (Å²) >= 11 is 6.13. The van der Waals surface area contributed by atoms with Crippen LogP contribution >= 0.6 is 11.6 Å². The molecule has 0 saturated carbocycles. The molecule has 0 saturated heterocycles. The fourth-order valence-electron chi connectivity index (χ4n) is 2.47. The van der Waals surface area contributed by atoms with Gasteiger partial charge in [0, 0.05) is 24.6 Å². The zero-order valence-corrected chi connectivity index (χ0v) is 16.6. The van der Waals surface area contributed by atoms with E-state index in [1.165, 1.54) is 30.3 Å². The predicted molar refractivity (Wildman–Crippen MR) is 109 cm³/mol. The van der Waals surface area contributed by atoms with Crippen LogP contribution in [0.1, 0.15) is 21.5 Å². The van der Waals surface area contributed by atoms with E-state index in [1.54, 1.807) is 30.6 Å². The lowest BCUT2D eigenvalue weighted by atomic mass is 10.2. The van der Waals surface area contributed by atoms with Crippen LogP contribution in [0.15, 0.2) is 71.9 Å². The largest absolute Gasteiger partial charge is 0.348 e. The first kappa shape index (κ1) is 19.9. The Morgan fingerprint density at radius 1 is 1.11 bits per heavy atom. The first-order chi connectivity index (χ1) is 13.3. The van der Waals surface area contributed by atoms with Crippen molar-refractivity contribution in [1.29, 1.82) is 0 Å². The zero-order chi connectivity index (χ0) is 20.1. The van der Waals surface area contributed by atoms with Crippen molar-refractivity contribution in [2.45, 2.75) is 18.4 Å². The Balaban J connectivity index is 1.77. The Morgan fingerprint density at radius 3 is 2.54 bits per heavy atom. The summed E-state index contributed by atoms with van der Waals surface area (Å²) in [4.78, 5) is 16.6. The number of hydrogen-bond donors (Lipinski definition) is 2. The van der Waals surface area contributed by atoms with E-state index in [4.69, 9.17) is 11.6 Å². The van der Waals surface area contributed by atoms with Crippen molar-refractivity contribution in [2.75, 3.05) is 4.72 Å². The zero-order valence-electron chi connectivity index (χ0n) is 15.0. The number of anilines is 1. The molecule has 144 valence electrons. The number of carbonyl (C=O) groups excluding carboxylic acids is 1. The molecule has 0 aliphatic heterocycles. The Hall–Kier alpha value is -2.90. The number of aromatic nitrogens is 1. The summed E-state index contributed by atoms with van der Waals surface area (Å²) in [5.41, 5.74) is 2.22. The van der Waals surface area contributed by atoms with Gasteiger partial charge in [0.1, 0.15) is 0 Å². The van der Waals surface area contributed by atoms with Crippen molar-refractivity contribution in [1.82, 2.24) is 10.3 Å². The van der Waals surface area contributed by atoms with Gasteiger partial charge in [-0.25, -0.2) is 8.42 Å². The average Bonchev–Trinajstić information content (AvgIpc) is 2.68. The molecule has 1 aromatic heterocycles. The van der Waals surface area contributed by atoms with E-state index in [2.05, 4.69) is 15.0 Å². The van der Waals surface area contributed by atoms with Gasteiger partial charge >= 0.3 is 0 Å². The van der Waals surface area contributed by atoms with Crippen molar-refractivity contribution in [3.8, 4) is 0 Å². The third-order valence-electron chi connectivity index (χ3n) is 3.97. The second-order valence-corrected chi connectivity index (χ2v) is 8.25. The molecule has 0 fully saturated rings. The maximum absolute atomic E-state index is 12.5. The van der Waals surface area contributed by atoms with Gasteiger partial charge in [0.2, 0.25) is 0 Å². The van der Waals surface area contributed by atoms with Crippen molar-refractivity contribution in [3.63, 3.8) is 0 Å². The average molecular weight is 416 g/mol. The Kier molecular flexibility index (Phi) is 5.96. The third kappa shape index (κ3) is 4.88. The van der Waals surface area contributed by atoms with Crippen LogP contribution in [0.5, 0.6) is 0 Å². The number of hydrogen-bond acceptors (Lipinski definition) is 4. The number of sulfonamides is 1. The third-order valence-corrected chi connectivity index (χ3v) is 5.70. The lowest BCUT2D eigenvalue weighted by Crippen LogP contribution is -2.23. The van der Waals surface area contributed by atoms with Crippen LogP contribution in [-0.2, 0) is 16.6 Å². The van der Waals surface area contributed by atoms with Crippen LogP contribution in [0.4, 0.5) is 5.69 Å². The molecule has 0 aliphatic rings. The van der Waals surface area contributed by atoms with Gasteiger partial charge in [-0.1, -0.05) is 35.4 Å². The SMILES string of the molecule is Cc1ccc(S(=O)(=O)Nc2ccc(Cl)c(C(=O)NCc3cccnc3)c2)cc1. The molecular weight excluding hydrogens is 398 g/mol. The molecule has 0 atom stereocenters. The van der Waals surface area contributed by atoms with E-state index < -0.39 is 15.9 Å². The Bertz CT molecular complexity index is 1090. The number of pyridine rings is 1. The fraction of sp³-hybridized carbons (Fsp3) is 0.100. The van der Waals surface area contributed by atoms with E-state index >= 15 is 0 Å². The lowest BCUT2D eigenvalue weighted by Gasteiger charge is -2.11. The summed E-state index contributed by atoms with van der Waals surface area (Å²) in [6.45, 7) is 2.15. The second kappa shape index (κ2) is 8.41. The number of amides is 1. The summed E-state index contributed by atoms with van der Waals surface area (Å²) in [5, 5.41) is 2.97. The predicted octanol–water partition coefficient (Wildman–Crippen LogP) is 3.77. The summed E-state index contributed by atoms with van der Waals surface area (Å²) < 4.78 is 27.6. The van der Waals surface area contributed by atoms with Crippen LogP contribution < -0.4 is 10.0 Å². The Morgan fingerprint density at radius 2 is 1.86 bits per heavy atom. The number of nitrogens with zero attached hydrogens (tertiary/aromatic N) is 1. The maximum atomic E-state index is 12.5. The molecule has 8 heteroatoms. The van der Waals surface area contributed by atoms with Crippen LogP contribution in [0.25, 0.3) is 0 Å². The highest BCUT2D eigenvalue weighted by Gasteiger charge is 2.16. The number of rotatable bonds is 6. The smallest absolute Gasteiger partial charge is 0.261 e. The highest BCUT2D eigenvalue weighted by Crippen LogP contribution is 2.23. The number of benzene rings is 2. The summed E-state index contributed by atoms with van der Waals surface area (Å²) in [7, 11) is -3.77. The highest BCUT2D eigenvalue weighted by molar-refractivity contribution is 7.92. The van der Waals surface area contributed by atoms with Crippen LogP contribution in [0.2, 0.25) is 5.02 Å². The molecule has 0 unspecified atom stereocenters. The molecule has 2 aromatic carbocycles. The standard InChI is InChI=1S/C20H18ClN3O3S/c1-14-4-7-17(8-5-14)28(26,27)24-16-6-9-19(21)18(11-16)20(25)23-13-15-3-2-10-22-12-15/h2-12,24H,13H2,1H3,(H,23,25). The van der Waals surface area contributed by atoms with Crippen molar-refractivity contribution < 1.29 is 13.2 Å². The first-order valence-electron chi connectivity index (χ1n) is 8.41. The molecule has 28 heavy (non-hydrogen) atoms. The summed E-state index contributed by atoms with van der Waals surface area (Å²) in [5.74, 6) is -0.412. The monoisotopic (exact) mass is 415 g/mol. The minimum atomic E-state index is -3.77. The second-order valence-electron chi connectivity index (χ2n) is 6.16. The fourth-order valence-corrected chi connectivity index (χ4v) is 3.73. The molecule has 1 amide bonds. The van der Waals surface area contributed by atoms with Gasteiger partial charge in [-0.2, -0.15) is 0 Å². The molecule has 0 aliphatic carbocycles. The van der Waals surface area contributed by atoms with Gasteiger partial charge in [-0.15, -0.1) is 0 Å². The normalized spacial score (nSPS) is 11.1. The molecule has 0 spiro atoms. The van der Waals surface area contributed by atoms with Crippen LogP contribution in [-0.4, -0.2) is 19.3 Å². The number of nitrogens with one attached hydrogen (secondary N) is 2.